The van der Waals surface area contributed by atoms with Crippen molar-refractivity contribution in [1.29, 1.82) is 0 Å². The van der Waals surface area contributed by atoms with E-state index in [1.807, 2.05) is 42.5 Å². The molecule has 1 atom stereocenters. The molecule has 1 aliphatic rings. The van der Waals surface area contributed by atoms with Crippen LogP contribution in [0.15, 0.2) is 59.0 Å². The zero-order chi connectivity index (χ0) is 19.2. The van der Waals surface area contributed by atoms with E-state index >= 15 is 0 Å². The van der Waals surface area contributed by atoms with Gasteiger partial charge < -0.3 is 20.0 Å². The second kappa shape index (κ2) is 8.78. The molecular formula is C22H26N4O2. The first-order chi connectivity index (χ1) is 13.8. The number of hydrogen-bond donors (Lipinski definition) is 2. The molecule has 2 amide bonds. The number of nitrogens with one attached hydrogen (secondary N) is 2. The lowest BCUT2D eigenvalue weighted by atomic mass is 10.1. The number of anilines is 1. The van der Waals surface area contributed by atoms with Crippen molar-refractivity contribution in [1.82, 2.24) is 15.6 Å². The number of benzene rings is 2. The lowest BCUT2D eigenvalue weighted by Gasteiger charge is -2.23. The minimum absolute atomic E-state index is 0.113. The Bertz CT molecular complexity index is 876. The Morgan fingerprint density at radius 2 is 1.93 bits per heavy atom. The molecular weight excluding hydrogens is 352 g/mol. The Hall–Kier alpha value is -3.02. The molecule has 0 bridgehead atoms. The standard InChI is InChI=1S/C22H26N4O2/c27-21(23-14-6-10-17-8-2-1-3-9-17)24-16-18-11-7-15-26(18)22-25-19-12-4-5-13-20(19)28-22/h1-5,8-9,12-13,18H,6-7,10-11,14-16H2,(H2,23,24,27). The van der Waals surface area contributed by atoms with Gasteiger partial charge in [0.1, 0.15) is 5.52 Å². The van der Waals surface area contributed by atoms with Crippen molar-refractivity contribution in [3.8, 4) is 0 Å². The molecule has 28 heavy (non-hydrogen) atoms. The van der Waals surface area contributed by atoms with E-state index in [-0.39, 0.29) is 12.1 Å². The van der Waals surface area contributed by atoms with Gasteiger partial charge in [-0.05, 0) is 43.4 Å². The van der Waals surface area contributed by atoms with Crippen LogP contribution < -0.4 is 15.5 Å². The number of aromatic nitrogens is 1. The zero-order valence-electron chi connectivity index (χ0n) is 15.9. The maximum absolute atomic E-state index is 12.1. The average molecular weight is 378 g/mol. The highest BCUT2D eigenvalue weighted by molar-refractivity contribution is 5.75. The van der Waals surface area contributed by atoms with Crippen LogP contribution in [-0.2, 0) is 6.42 Å². The van der Waals surface area contributed by atoms with Crippen LogP contribution in [0.1, 0.15) is 24.8 Å². The first kappa shape index (κ1) is 18.3. The SMILES string of the molecule is O=C(NCCCc1ccccc1)NCC1CCCN1c1nc2ccccc2o1. The molecule has 3 aromatic rings. The fraction of sp³-hybridized carbons (Fsp3) is 0.364. The average Bonchev–Trinajstić information content (AvgIpc) is 3.36. The maximum atomic E-state index is 12.1. The number of carbonyl (C=O) groups is 1. The van der Waals surface area contributed by atoms with Gasteiger partial charge in [0, 0.05) is 19.6 Å². The van der Waals surface area contributed by atoms with E-state index in [0.717, 1.165) is 43.3 Å². The van der Waals surface area contributed by atoms with Crippen LogP contribution in [0, 0.1) is 0 Å². The van der Waals surface area contributed by atoms with Crippen molar-refractivity contribution < 1.29 is 9.21 Å². The van der Waals surface area contributed by atoms with E-state index in [4.69, 9.17) is 4.42 Å². The molecule has 0 spiro atoms. The summed E-state index contributed by atoms with van der Waals surface area (Å²) in [5.41, 5.74) is 2.96. The number of urea groups is 1. The van der Waals surface area contributed by atoms with Gasteiger partial charge in [0.25, 0.3) is 6.01 Å². The summed E-state index contributed by atoms with van der Waals surface area (Å²) in [7, 11) is 0. The van der Waals surface area contributed by atoms with E-state index in [2.05, 4.69) is 32.7 Å². The molecule has 2 aromatic carbocycles. The van der Waals surface area contributed by atoms with Crippen molar-refractivity contribution in [3.63, 3.8) is 0 Å². The monoisotopic (exact) mass is 378 g/mol. The molecule has 2 N–H and O–H groups in total. The highest BCUT2D eigenvalue weighted by atomic mass is 16.4. The summed E-state index contributed by atoms with van der Waals surface area (Å²) < 4.78 is 5.90. The van der Waals surface area contributed by atoms with Crippen LogP contribution >= 0.6 is 0 Å². The number of fused-ring (bicyclic) bond motifs is 1. The van der Waals surface area contributed by atoms with E-state index in [9.17, 15) is 4.79 Å². The van der Waals surface area contributed by atoms with Gasteiger partial charge in [0.15, 0.2) is 5.58 Å². The second-order valence-electron chi connectivity index (χ2n) is 7.18. The Morgan fingerprint density at radius 1 is 1.11 bits per heavy atom. The predicted molar refractivity (Wildman–Crippen MR) is 111 cm³/mol. The lowest BCUT2D eigenvalue weighted by Crippen LogP contribution is -2.44. The van der Waals surface area contributed by atoms with Gasteiger partial charge in [-0.15, -0.1) is 0 Å². The van der Waals surface area contributed by atoms with Crippen LogP contribution in [0.2, 0.25) is 0 Å². The first-order valence-corrected chi connectivity index (χ1v) is 9.97. The summed E-state index contributed by atoms with van der Waals surface area (Å²) in [6, 6.07) is 18.9. The van der Waals surface area contributed by atoms with Gasteiger partial charge in [0.2, 0.25) is 0 Å². The third-order valence-electron chi connectivity index (χ3n) is 5.17. The predicted octanol–water partition coefficient (Wildman–Crippen LogP) is 3.73. The van der Waals surface area contributed by atoms with Crippen LogP contribution in [-0.4, -0.2) is 36.7 Å². The quantitative estimate of drug-likeness (QED) is 0.615. The molecule has 0 aliphatic carbocycles. The molecule has 1 unspecified atom stereocenters. The second-order valence-corrected chi connectivity index (χ2v) is 7.18. The Kier molecular flexibility index (Phi) is 5.75. The summed E-state index contributed by atoms with van der Waals surface area (Å²) in [4.78, 5) is 18.9. The van der Waals surface area contributed by atoms with E-state index in [1.165, 1.54) is 5.56 Å². The van der Waals surface area contributed by atoms with Crippen molar-refractivity contribution in [2.24, 2.45) is 0 Å². The van der Waals surface area contributed by atoms with Gasteiger partial charge in [-0.3, -0.25) is 0 Å². The Balaban J connectivity index is 1.22. The van der Waals surface area contributed by atoms with E-state index < -0.39 is 0 Å². The number of aryl methyl sites for hydroxylation is 1. The van der Waals surface area contributed by atoms with Crippen molar-refractivity contribution >= 4 is 23.1 Å². The number of rotatable bonds is 7. The largest absolute Gasteiger partial charge is 0.423 e. The Morgan fingerprint density at radius 3 is 2.79 bits per heavy atom. The van der Waals surface area contributed by atoms with Gasteiger partial charge in [0.05, 0.1) is 6.04 Å². The fourth-order valence-electron chi connectivity index (χ4n) is 3.69. The third kappa shape index (κ3) is 4.44. The normalized spacial score (nSPS) is 16.4. The van der Waals surface area contributed by atoms with Crippen LogP contribution in [0.5, 0.6) is 0 Å². The number of nitrogens with zero attached hydrogens (tertiary/aromatic N) is 2. The van der Waals surface area contributed by atoms with Crippen molar-refractivity contribution in [2.75, 3.05) is 24.5 Å². The zero-order valence-corrected chi connectivity index (χ0v) is 15.9. The highest BCUT2D eigenvalue weighted by Gasteiger charge is 2.28. The highest BCUT2D eigenvalue weighted by Crippen LogP contribution is 2.27. The Labute approximate surface area is 164 Å². The van der Waals surface area contributed by atoms with Crippen molar-refractivity contribution in [3.05, 3.63) is 60.2 Å². The summed E-state index contributed by atoms with van der Waals surface area (Å²) >= 11 is 0. The summed E-state index contributed by atoms with van der Waals surface area (Å²) in [6.07, 6.45) is 3.99. The number of oxazole rings is 1. The van der Waals surface area contributed by atoms with Crippen LogP contribution in [0.4, 0.5) is 10.8 Å². The molecule has 146 valence electrons. The molecule has 4 rings (SSSR count). The van der Waals surface area contributed by atoms with Gasteiger partial charge >= 0.3 is 6.03 Å². The minimum atomic E-state index is -0.113. The molecule has 1 saturated heterocycles. The van der Waals surface area contributed by atoms with E-state index in [0.29, 0.717) is 19.1 Å². The molecule has 6 heteroatoms. The van der Waals surface area contributed by atoms with Gasteiger partial charge in [-0.25, -0.2) is 4.79 Å². The summed E-state index contributed by atoms with van der Waals surface area (Å²) in [6.45, 7) is 2.15. The molecule has 1 aromatic heterocycles. The minimum Gasteiger partial charge on any atom is -0.423 e. The molecule has 6 nitrogen and oxygen atoms in total. The lowest BCUT2D eigenvalue weighted by molar-refractivity contribution is 0.240. The molecule has 1 aliphatic heterocycles. The number of carbonyl (C=O) groups excluding carboxylic acids is 1. The van der Waals surface area contributed by atoms with Crippen LogP contribution in [0.25, 0.3) is 11.1 Å². The number of amides is 2. The van der Waals surface area contributed by atoms with Crippen molar-refractivity contribution in [2.45, 2.75) is 31.7 Å². The number of hydrogen-bond acceptors (Lipinski definition) is 4. The number of para-hydroxylation sites is 2. The summed E-state index contributed by atoms with van der Waals surface area (Å²) in [5, 5.41) is 5.94. The molecule has 1 fully saturated rings. The fourth-order valence-corrected chi connectivity index (χ4v) is 3.69. The summed E-state index contributed by atoms with van der Waals surface area (Å²) in [5.74, 6) is 0. The van der Waals surface area contributed by atoms with Gasteiger partial charge in [-0.1, -0.05) is 42.5 Å². The van der Waals surface area contributed by atoms with Gasteiger partial charge in [-0.2, -0.15) is 4.98 Å². The molecule has 0 saturated carbocycles. The topological polar surface area (TPSA) is 70.4 Å². The van der Waals surface area contributed by atoms with E-state index in [1.54, 1.807) is 0 Å². The smallest absolute Gasteiger partial charge is 0.314 e. The van der Waals surface area contributed by atoms with Crippen LogP contribution in [0.3, 0.4) is 0 Å². The third-order valence-corrected chi connectivity index (χ3v) is 5.17. The first-order valence-electron chi connectivity index (χ1n) is 9.97. The maximum Gasteiger partial charge on any atom is 0.314 e. The molecule has 2 heterocycles. The molecule has 0 radical (unpaired) electrons.